The number of hydrogen-bond donors (Lipinski definition) is 1. The minimum atomic E-state index is -0.802. The molecule has 3 aromatic heterocycles. The standard InChI is InChI=1S/C30H31N5O6S2/c1-7-34(8-2)28(38)25-17(4)32-30-35(26(25)20-14-18(39-5)9-11-21(20)40-6)27(37)22(42-30)15-19-10-12-24(41-19)43-29-31-16(3)13-23(36)33-29/h9-15,26H,7-8H2,1-6H3,(H,31,33,36)/b22-15-/t26-/m1/s1. The van der Waals surface area contributed by atoms with Crippen molar-refractivity contribution >= 4 is 35.1 Å². The van der Waals surface area contributed by atoms with Crippen molar-refractivity contribution in [3.05, 3.63) is 94.7 Å². The summed E-state index contributed by atoms with van der Waals surface area (Å²) >= 11 is 2.37. The van der Waals surface area contributed by atoms with Gasteiger partial charge >= 0.3 is 0 Å². The highest BCUT2D eigenvalue weighted by Gasteiger charge is 2.36. The van der Waals surface area contributed by atoms with Crippen molar-refractivity contribution in [1.82, 2.24) is 19.4 Å². The summed E-state index contributed by atoms with van der Waals surface area (Å²) in [5.74, 6) is 1.31. The van der Waals surface area contributed by atoms with E-state index in [0.29, 0.717) is 72.5 Å². The molecule has 0 unspecified atom stereocenters. The van der Waals surface area contributed by atoms with Gasteiger partial charge in [0.05, 0.1) is 30.0 Å². The van der Waals surface area contributed by atoms with Gasteiger partial charge in [-0.05, 0) is 69.8 Å². The Morgan fingerprint density at radius 3 is 2.58 bits per heavy atom. The molecular formula is C30H31N5O6S2. The lowest BCUT2D eigenvalue weighted by Crippen LogP contribution is -2.43. The van der Waals surface area contributed by atoms with E-state index in [-0.39, 0.29) is 17.0 Å². The second-order valence-electron chi connectivity index (χ2n) is 9.62. The number of benzene rings is 1. The first-order valence-corrected chi connectivity index (χ1v) is 15.2. The molecule has 0 bridgehead atoms. The molecular weight excluding hydrogens is 590 g/mol. The predicted octanol–water partition coefficient (Wildman–Crippen LogP) is 3.26. The number of carbonyl (C=O) groups excluding carboxylic acids is 1. The van der Waals surface area contributed by atoms with E-state index in [2.05, 4.69) is 9.97 Å². The van der Waals surface area contributed by atoms with Crippen molar-refractivity contribution in [2.24, 2.45) is 4.99 Å². The summed E-state index contributed by atoms with van der Waals surface area (Å²) in [5.41, 5.74) is 1.54. The summed E-state index contributed by atoms with van der Waals surface area (Å²) in [6.45, 7) is 8.36. The number of fused-ring (bicyclic) bond motifs is 1. The number of methoxy groups -OCH3 is 2. The highest BCUT2D eigenvalue weighted by atomic mass is 32.2. The molecule has 43 heavy (non-hydrogen) atoms. The van der Waals surface area contributed by atoms with Crippen LogP contribution in [0.4, 0.5) is 0 Å². The van der Waals surface area contributed by atoms with Crippen molar-refractivity contribution in [2.45, 2.75) is 44.0 Å². The average Bonchev–Trinajstić information content (AvgIpc) is 3.54. The lowest BCUT2D eigenvalue weighted by molar-refractivity contribution is -0.127. The Morgan fingerprint density at radius 2 is 1.91 bits per heavy atom. The second kappa shape index (κ2) is 12.5. The molecule has 0 aliphatic carbocycles. The van der Waals surface area contributed by atoms with Crippen LogP contribution >= 0.6 is 23.1 Å². The Kier molecular flexibility index (Phi) is 8.74. The zero-order valence-electron chi connectivity index (χ0n) is 24.6. The fourth-order valence-electron chi connectivity index (χ4n) is 4.91. The Balaban J connectivity index is 1.64. The van der Waals surface area contributed by atoms with Gasteiger partial charge < -0.3 is 23.8 Å². The zero-order valence-corrected chi connectivity index (χ0v) is 26.2. The second-order valence-corrected chi connectivity index (χ2v) is 11.6. The third-order valence-corrected chi connectivity index (χ3v) is 8.75. The van der Waals surface area contributed by atoms with Crippen LogP contribution in [-0.4, -0.2) is 52.7 Å². The normalized spacial score (nSPS) is 14.8. The van der Waals surface area contributed by atoms with E-state index in [0.717, 1.165) is 0 Å². The molecule has 1 aliphatic heterocycles. The maximum absolute atomic E-state index is 14.1. The fourth-order valence-corrected chi connectivity index (χ4v) is 6.75. The maximum atomic E-state index is 14.1. The van der Waals surface area contributed by atoms with Gasteiger partial charge in [0, 0.05) is 36.5 Å². The van der Waals surface area contributed by atoms with Crippen molar-refractivity contribution in [3.8, 4) is 11.5 Å². The third-order valence-electron chi connectivity index (χ3n) is 6.95. The summed E-state index contributed by atoms with van der Waals surface area (Å²) in [6, 6.07) is 9.40. The molecule has 0 saturated carbocycles. The Hall–Kier alpha value is -4.36. The van der Waals surface area contributed by atoms with Gasteiger partial charge in [0.2, 0.25) is 0 Å². The Morgan fingerprint density at radius 1 is 1.14 bits per heavy atom. The number of aryl methyl sites for hydroxylation is 1. The minimum absolute atomic E-state index is 0.203. The number of hydrogen-bond acceptors (Lipinski definition) is 10. The van der Waals surface area contributed by atoms with Gasteiger partial charge in [0.1, 0.15) is 23.3 Å². The van der Waals surface area contributed by atoms with E-state index >= 15 is 0 Å². The number of allylic oxidation sites excluding steroid dienone is 1. The lowest BCUT2D eigenvalue weighted by Gasteiger charge is -2.30. The van der Waals surface area contributed by atoms with Crippen LogP contribution in [0.2, 0.25) is 0 Å². The zero-order chi connectivity index (χ0) is 30.8. The van der Waals surface area contributed by atoms with E-state index in [4.69, 9.17) is 18.9 Å². The topological polar surface area (TPSA) is 132 Å². The van der Waals surface area contributed by atoms with Gasteiger partial charge in [-0.2, -0.15) is 0 Å². The van der Waals surface area contributed by atoms with Crippen LogP contribution in [0.15, 0.2) is 76.9 Å². The minimum Gasteiger partial charge on any atom is -0.497 e. The van der Waals surface area contributed by atoms with Crippen molar-refractivity contribution in [1.29, 1.82) is 0 Å². The number of likely N-dealkylation sites (N-methyl/N-ethyl adjacent to an activating group) is 1. The van der Waals surface area contributed by atoms with Crippen LogP contribution in [0.3, 0.4) is 0 Å². The molecule has 1 amide bonds. The van der Waals surface area contributed by atoms with E-state index < -0.39 is 6.04 Å². The number of nitrogens with zero attached hydrogens (tertiary/aromatic N) is 4. The SMILES string of the molecule is CCN(CC)C(=O)C1=C(C)N=c2s/c(=C\c3ccc(Sc4nc(C)cc(=O)[nH]4)o3)c(=O)n2[C@@H]1c1cc(OC)ccc1OC. The van der Waals surface area contributed by atoms with E-state index in [1.807, 2.05) is 13.8 Å². The molecule has 4 aromatic rings. The molecule has 11 nitrogen and oxygen atoms in total. The van der Waals surface area contributed by atoms with Crippen LogP contribution < -0.4 is 29.9 Å². The molecule has 1 aliphatic rings. The molecule has 0 radical (unpaired) electrons. The molecule has 5 rings (SSSR count). The van der Waals surface area contributed by atoms with Gasteiger partial charge in [-0.1, -0.05) is 11.3 Å². The number of thiazole rings is 1. The summed E-state index contributed by atoms with van der Waals surface area (Å²) in [6.07, 6.45) is 1.64. The quantitative estimate of drug-likeness (QED) is 0.282. The number of rotatable bonds is 9. The van der Waals surface area contributed by atoms with E-state index in [9.17, 15) is 14.4 Å². The van der Waals surface area contributed by atoms with E-state index in [1.54, 1.807) is 69.4 Å². The summed E-state index contributed by atoms with van der Waals surface area (Å²) in [5, 5.41) is 0.896. The number of H-pyrrole nitrogens is 1. The van der Waals surface area contributed by atoms with Crippen LogP contribution in [0.5, 0.6) is 11.5 Å². The first-order chi connectivity index (χ1) is 20.7. The fraction of sp³-hybridized carbons (Fsp3) is 0.300. The number of ether oxygens (including phenoxy) is 2. The van der Waals surface area contributed by atoms with Crippen molar-refractivity contribution < 1.29 is 18.7 Å². The molecule has 1 atom stereocenters. The van der Waals surface area contributed by atoms with Crippen molar-refractivity contribution in [2.75, 3.05) is 27.3 Å². The number of furan rings is 1. The number of aromatic nitrogens is 3. The van der Waals surface area contributed by atoms with Crippen LogP contribution in [-0.2, 0) is 4.79 Å². The van der Waals surface area contributed by atoms with E-state index in [1.165, 1.54) is 33.7 Å². The number of carbonyl (C=O) groups is 1. The number of aromatic amines is 1. The van der Waals surface area contributed by atoms with Crippen molar-refractivity contribution in [3.63, 3.8) is 0 Å². The summed E-state index contributed by atoms with van der Waals surface area (Å²) in [4.78, 5) is 53.7. The molecule has 1 N–H and O–H groups in total. The monoisotopic (exact) mass is 621 g/mol. The van der Waals surface area contributed by atoms with Crippen LogP contribution in [0.1, 0.15) is 43.8 Å². The Labute approximate surface area is 255 Å². The molecule has 1 aromatic carbocycles. The van der Waals surface area contributed by atoms with Gasteiger partial charge in [0.15, 0.2) is 15.1 Å². The van der Waals surface area contributed by atoms with Gasteiger partial charge in [-0.25, -0.2) is 9.98 Å². The third kappa shape index (κ3) is 5.95. The first kappa shape index (κ1) is 30.1. The maximum Gasteiger partial charge on any atom is 0.271 e. The lowest BCUT2D eigenvalue weighted by atomic mass is 9.93. The first-order valence-electron chi connectivity index (χ1n) is 13.6. The predicted molar refractivity (Wildman–Crippen MR) is 164 cm³/mol. The van der Waals surface area contributed by atoms with Crippen LogP contribution in [0.25, 0.3) is 6.08 Å². The molecule has 4 heterocycles. The van der Waals surface area contributed by atoms with Gasteiger partial charge in [-0.3, -0.25) is 19.0 Å². The Bertz CT molecular complexity index is 1960. The molecule has 224 valence electrons. The molecule has 0 spiro atoms. The van der Waals surface area contributed by atoms with Gasteiger partial charge in [0.25, 0.3) is 17.0 Å². The number of amides is 1. The van der Waals surface area contributed by atoms with Crippen LogP contribution in [0, 0.1) is 6.92 Å². The highest BCUT2D eigenvalue weighted by molar-refractivity contribution is 7.99. The average molecular weight is 622 g/mol. The molecule has 0 fully saturated rings. The smallest absolute Gasteiger partial charge is 0.271 e. The summed E-state index contributed by atoms with van der Waals surface area (Å²) < 4.78 is 19.1. The molecule has 13 heteroatoms. The highest BCUT2D eigenvalue weighted by Crippen LogP contribution is 2.38. The molecule has 0 saturated heterocycles. The number of nitrogens with one attached hydrogen (secondary N) is 1. The van der Waals surface area contributed by atoms with Gasteiger partial charge in [-0.15, -0.1) is 0 Å². The summed E-state index contributed by atoms with van der Waals surface area (Å²) in [7, 11) is 3.11. The largest absolute Gasteiger partial charge is 0.497 e.